The van der Waals surface area contributed by atoms with Crippen LogP contribution in [-0.2, 0) is 0 Å². The SMILES string of the molecule is O=C(NC1CCCCC1CO)c1ccn(C2CCCC2)n1. The van der Waals surface area contributed by atoms with Gasteiger partial charge in [-0.25, -0.2) is 0 Å². The first-order chi connectivity index (χ1) is 10.3. The van der Waals surface area contributed by atoms with E-state index in [1.54, 1.807) is 0 Å². The van der Waals surface area contributed by atoms with Crippen LogP contribution < -0.4 is 5.32 Å². The molecule has 2 unspecified atom stereocenters. The topological polar surface area (TPSA) is 67.2 Å². The minimum absolute atomic E-state index is 0.0906. The zero-order valence-corrected chi connectivity index (χ0v) is 12.5. The fourth-order valence-corrected chi connectivity index (χ4v) is 3.69. The van der Waals surface area contributed by atoms with Gasteiger partial charge in [-0.3, -0.25) is 9.48 Å². The summed E-state index contributed by atoms with van der Waals surface area (Å²) in [6.45, 7) is 0.154. The molecule has 0 radical (unpaired) electrons. The van der Waals surface area contributed by atoms with E-state index in [0.717, 1.165) is 38.5 Å². The van der Waals surface area contributed by atoms with E-state index in [1.807, 2.05) is 16.9 Å². The summed E-state index contributed by atoms with van der Waals surface area (Å²) < 4.78 is 1.95. The molecule has 2 aliphatic carbocycles. The number of aromatic nitrogens is 2. The lowest BCUT2D eigenvalue weighted by Gasteiger charge is -2.30. The molecule has 2 aliphatic rings. The first kappa shape index (κ1) is 14.6. The number of hydrogen-bond acceptors (Lipinski definition) is 3. The van der Waals surface area contributed by atoms with E-state index in [1.165, 1.54) is 12.8 Å². The molecule has 2 atom stereocenters. The number of aliphatic hydroxyl groups excluding tert-OH is 1. The van der Waals surface area contributed by atoms with Crippen molar-refractivity contribution in [3.8, 4) is 0 Å². The molecule has 116 valence electrons. The van der Waals surface area contributed by atoms with Gasteiger partial charge in [-0.1, -0.05) is 25.7 Å². The first-order valence-corrected chi connectivity index (χ1v) is 8.25. The van der Waals surface area contributed by atoms with Gasteiger partial charge in [0.25, 0.3) is 5.91 Å². The van der Waals surface area contributed by atoms with Gasteiger partial charge >= 0.3 is 0 Å². The Morgan fingerprint density at radius 1 is 1.24 bits per heavy atom. The predicted octanol–water partition coefficient (Wildman–Crippen LogP) is 2.28. The zero-order valence-electron chi connectivity index (χ0n) is 12.5. The maximum absolute atomic E-state index is 12.3. The minimum Gasteiger partial charge on any atom is -0.396 e. The molecule has 5 nitrogen and oxygen atoms in total. The van der Waals surface area contributed by atoms with Crippen LogP contribution in [0.15, 0.2) is 12.3 Å². The van der Waals surface area contributed by atoms with Crippen LogP contribution in [0.3, 0.4) is 0 Å². The lowest BCUT2D eigenvalue weighted by Crippen LogP contribution is -2.43. The van der Waals surface area contributed by atoms with Crippen molar-refractivity contribution in [3.63, 3.8) is 0 Å². The van der Waals surface area contributed by atoms with Gasteiger partial charge < -0.3 is 10.4 Å². The Kier molecular flexibility index (Phi) is 4.58. The van der Waals surface area contributed by atoms with Gasteiger partial charge in [0, 0.05) is 24.8 Å². The van der Waals surface area contributed by atoms with E-state index in [2.05, 4.69) is 10.4 Å². The van der Waals surface area contributed by atoms with Gasteiger partial charge in [-0.05, 0) is 31.7 Å². The van der Waals surface area contributed by atoms with Crippen LogP contribution in [0.4, 0.5) is 0 Å². The first-order valence-electron chi connectivity index (χ1n) is 8.25. The van der Waals surface area contributed by atoms with Crippen molar-refractivity contribution >= 4 is 5.91 Å². The smallest absolute Gasteiger partial charge is 0.272 e. The summed E-state index contributed by atoms with van der Waals surface area (Å²) in [6.07, 6.45) is 11.0. The highest BCUT2D eigenvalue weighted by molar-refractivity contribution is 5.92. The molecule has 0 saturated heterocycles. The molecule has 2 fully saturated rings. The van der Waals surface area contributed by atoms with Crippen LogP contribution in [0.5, 0.6) is 0 Å². The molecule has 0 aliphatic heterocycles. The molecule has 2 saturated carbocycles. The zero-order chi connectivity index (χ0) is 14.7. The third kappa shape index (κ3) is 3.28. The van der Waals surface area contributed by atoms with Crippen LogP contribution in [0, 0.1) is 5.92 Å². The van der Waals surface area contributed by atoms with E-state index in [9.17, 15) is 9.90 Å². The number of nitrogens with zero attached hydrogens (tertiary/aromatic N) is 2. The number of amides is 1. The molecular formula is C16H25N3O2. The van der Waals surface area contributed by atoms with Gasteiger partial charge in [-0.15, -0.1) is 0 Å². The second-order valence-corrected chi connectivity index (χ2v) is 6.43. The fraction of sp³-hybridized carbons (Fsp3) is 0.750. The normalized spacial score (nSPS) is 26.9. The lowest BCUT2D eigenvalue weighted by molar-refractivity contribution is 0.0866. The summed E-state index contributed by atoms with van der Waals surface area (Å²) in [4.78, 5) is 12.3. The standard InChI is InChI=1S/C16H25N3O2/c20-11-12-5-1-4-8-14(12)17-16(21)15-9-10-19(18-15)13-6-2-3-7-13/h9-10,12-14,20H,1-8,11H2,(H,17,21). The molecule has 21 heavy (non-hydrogen) atoms. The van der Waals surface area contributed by atoms with E-state index >= 15 is 0 Å². The van der Waals surface area contributed by atoms with Crippen molar-refractivity contribution in [3.05, 3.63) is 18.0 Å². The van der Waals surface area contributed by atoms with E-state index < -0.39 is 0 Å². The molecule has 1 aromatic rings. The number of rotatable bonds is 4. The average Bonchev–Trinajstić information content (AvgIpc) is 3.18. The van der Waals surface area contributed by atoms with Crippen LogP contribution in [0.2, 0.25) is 0 Å². The molecule has 1 amide bonds. The van der Waals surface area contributed by atoms with Crippen LogP contribution in [0.1, 0.15) is 67.9 Å². The second-order valence-electron chi connectivity index (χ2n) is 6.43. The minimum atomic E-state index is -0.0999. The molecule has 1 heterocycles. The maximum atomic E-state index is 12.3. The highest BCUT2D eigenvalue weighted by Gasteiger charge is 2.27. The van der Waals surface area contributed by atoms with Crippen molar-refractivity contribution in [1.29, 1.82) is 0 Å². The summed E-state index contributed by atoms with van der Waals surface area (Å²) >= 11 is 0. The monoisotopic (exact) mass is 291 g/mol. The quantitative estimate of drug-likeness (QED) is 0.894. The van der Waals surface area contributed by atoms with Gasteiger partial charge in [-0.2, -0.15) is 5.10 Å². The highest BCUT2D eigenvalue weighted by atomic mass is 16.3. The van der Waals surface area contributed by atoms with Crippen molar-refractivity contribution in [1.82, 2.24) is 15.1 Å². The third-order valence-corrected chi connectivity index (χ3v) is 5.00. The van der Waals surface area contributed by atoms with Crippen molar-refractivity contribution < 1.29 is 9.90 Å². The lowest BCUT2D eigenvalue weighted by atomic mass is 9.85. The Hall–Kier alpha value is -1.36. The Labute approximate surface area is 125 Å². The number of carbonyl (C=O) groups is 1. The highest BCUT2D eigenvalue weighted by Crippen LogP contribution is 2.29. The molecule has 0 aromatic carbocycles. The molecule has 5 heteroatoms. The molecule has 0 bridgehead atoms. The number of carbonyl (C=O) groups excluding carboxylic acids is 1. The molecule has 1 aromatic heterocycles. The summed E-state index contributed by atoms with van der Waals surface area (Å²) in [5, 5.41) is 16.9. The Bertz CT molecular complexity index is 480. The molecular weight excluding hydrogens is 266 g/mol. The average molecular weight is 291 g/mol. The Morgan fingerprint density at radius 3 is 2.71 bits per heavy atom. The largest absolute Gasteiger partial charge is 0.396 e. The van der Waals surface area contributed by atoms with E-state index in [0.29, 0.717) is 11.7 Å². The van der Waals surface area contributed by atoms with E-state index in [4.69, 9.17) is 0 Å². The Balaban J connectivity index is 1.62. The summed E-state index contributed by atoms with van der Waals surface area (Å²) in [6, 6.07) is 2.36. The summed E-state index contributed by atoms with van der Waals surface area (Å²) in [7, 11) is 0. The molecule has 2 N–H and O–H groups in total. The maximum Gasteiger partial charge on any atom is 0.272 e. The van der Waals surface area contributed by atoms with Crippen LogP contribution in [-0.4, -0.2) is 33.4 Å². The van der Waals surface area contributed by atoms with Gasteiger partial charge in [0.1, 0.15) is 5.69 Å². The predicted molar refractivity (Wildman–Crippen MR) is 80.0 cm³/mol. The van der Waals surface area contributed by atoms with Crippen LogP contribution in [0.25, 0.3) is 0 Å². The summed E-state index contributed by atoms with van der Waals surface area (Å²) in [5.74, 6) is 0.0942. The molecule has 3 rings (SSSR count). The van der Waals surface area contributed by atoms with Crippen molar-refractivity contribution in [2.75, 3.05) is 6.61 Å². The third-order valence-electron chi connectivity index (χ3n) is 5.00. The van der Waals surface area contributed by atoms with E-state index in [-0.39, 0.29) is 24.5 Å². The molecule has 0 spiro atoms. The summed E-state index contributed by atoms with van der Waals surface area (Å²) in [5.41, 5.74) is 0.504. The van der Waals surface area contributed by atoms with Crippen molar-refractivity contribution in [2.24, 2.45) is 5.92 Å². The van der Waals surface area contributed by atoms with Gasteiger partial charge in [0.05, 0.1) is 6.04 Å². The van der Waals surface area contributed by atoms with Gasteiger partial charge in [0.15, 0.2) is 0 Å². The number of hydrogen-bond donors (Lipinski definition) is 2. The number of nitrogens with one attached hydrogen (secondary N) is 1. The Morgan fingerprint density at radius 2 is 1.95 bits per heavy atom. The van der Waals surface area contributed by atoms with Gasteiger partial charge in [0.2, 0.25) is 0 Å². The fourth-order valence-electron chi connectivity index (χ4n) is 3.69. The van der Waals surface area contributed by atoms with Crippen molar-refractivity contribution in [2.45, 2.75) is 63.5 Å². The second kappa shape index (κ2) is 6.60. The van der Waals surface area contributed by atoms with Crippen LogP contribution >= 0.6 is 0 Å². The number of aliphatic hydroxyl groups is 1.